The van der Waals surface area contributed by atoms with Crippen molar-refractivity contribution in [1.82, 2.24) is 9.78 Å². The number of para-hydroxylation sites is 1. The van der Waals surface area contributed by atoms with Gasteiger partial charge >= 0.3 is 6.18 Å². The van der Waals surface area contributed by atoms with Gasteiger partial charge in [-0.3, -0.25) is 9.89 Å². The van der Waals surface area contributed by atoms with Crippen LogP contribution in [0, 0.1) is 5.92 Å². The Kier molecular flexibility index (Phi) is 6.85. The molecule has 2 heterocycles. The Morgan fingerprint density at radius 1 is 0.976 bits per heavy atom. The highest BCUT2D eigenvalue weighted by Gasteiger charge is 2.48. The number of alkyl halides is 3. The zero-order valence-electron chi connectivity index (χ0n) is 23.6. The smallest absolute Gasteiger partial charge is 0.433 e. The lowest BCUT2D eigenvalue weighted by atomic mass is 9.64. The predicted molar refractivity (Wildman–Crippen MR) is 153 cm³/mol. The van der Waals surface area contributed by atoms with Crippen LogP contribution >= 0.6 is 0 Å². The number of unbranched alkanes of at least 4 members (excludes halogenated alkanes) is 1. The lowest BCUT2D eigenvalue weighted by Crippen LogP contribution is -2.65. The van der Waals surface area contributed by atoms with E-state index < -0.39 is 52.5 Å². The standard InChI is InChI=1S/C33H32F3N3O3/c1-4-5-17-38-23-16-15-19-11-9-10-14-21(19)27(23)32(2,3)24(38)18-22-28(40)25(29(22)41)26-30(33(34,35)36)37-39(31(26)42)20-12-7-6-8-13-20/h6-16,18,22,25,28-29,37H,4-5,17H2,1-3H3/q-2. The average molecular weight is 576 g/mol. The van der Waals surface area contributed by atoms with Gasteiger partial charge < -0.3 is 15.1 Å². The topological polar surface area (TPSA) is 87.2 Å². The van der Waals surface area contributed by atoms with Crippen molar-refractivity contribution in [1.29, 1.82) is 0 Å². The summed E-state index contributed by atoms with van der Waals surface area (Å²) < 4.78 is 43.1. The third-order valence-electron chi connectivity index (χ3n) is 8.86. The van der Waals surface area contributed by atoms with Gasteiger partial charge in [0.05, 0.1) is 11.3 Å². The molecule has 0 bridgehead atoms. The molecule has 4 aromatic rings. The molecule has 2 unspecified atom stereocenters. The lowest BCUT2D eigenvalue weighted by molar-refractivity contribution is -0.543. The van der Waals surface area contributed by atoms with Crippen LogP contribution in [0.1, 0.15) is 56.4 Å². The van der Waals surface area contributed by atoms with Crippen molar-refractivity contribution in [2.24, 2.45) is 5.92 Å². The van der Waals surface area contributed by atoms with E-state index in [9.17, 15) is 28.2 Å². The quantitative estimate of drug-likeness (QED) is 0.351. The summed E-state index contributed by atoms with van der Waals surface area (Å²) >= 11 is 0. The summed E-state index contributed by atoms with van der Waals surface area (Å²) in [6.07, 6.45) is -4.83. The van der Waals surface area contributed by atoms with Gasteiger partial charge in [-0.15, -0.1) is 12.2 Å². The lowest BCUT2D eigenvalue weighted by Gasteiger charge is -2.60. The molecule has 1 N–H and O–H groups in total. The highest BCUT2D eigenvalue weighted by molar-refractivity contribution is 5.94. The van der Waals surface area contributed by atoms with E-state index in [0.717, 1.165) is 45.2 Å². The summed E-state index contributed by atoms with van der Waals surface area (Å²) in [6.45, 7) is 6.87. The number of hydrogen-bond donors (Lipinski definition) is 1. The summed E-state index contributed by atoms with van der Waals surface area (Å²) in [5.41, 5.74) is -0.585. The molecule has 0 spiro atoms. The molecule has 9 heteroatoms. The van der Waals surface area contributed by atoms with Gasteiger partial charge in [0.25, 0.3) is 5.56 Å². The molecular formula is C33H32F3N3O3-2. The van der Waals surface area contributed by atoms with Crippen molar-refractivity contribution in [3.8, 4) is 5.69 Å². The van der Waals surface area contributed by atoms with Crippen LogP contribution < -0.4 is 20.7 Å². The number of allylic oxidation sites excluding steroid dienone is 1. The van der Waals surface area contributed by atoms with Crippen molar-refractivity contribution in [2.45, 2.75) is 63.3 Å². The Balaban J connectivity index is 1.41. The summed E-state index contributed by atoms with van der Waals surface area (Å²) in [6, 6.07) is 20.0. The molecule has 1 aromatic heterocycles. The normalized spacial score (nSPS) is 24.3. The minimum Gasteiger partial charge on any atom is -0.851 e. The Morgan fingerprint density at radius 3 is 2.31 bits per heavy atom. The Morgan fingerprint density at radius 2 is 1.64 bits per heavy atom. The first-order chi connectivity index (χ1) is 20.0. The van der Waals surface area contributed by atoms with Gasteiger partial charge in [0.1, 0.15) is 5.69 Å². The number of aromatic nitrogens is 2. The zero-order valence-corrected chi connectivity index (χ0v) is 23.6. The summed E-state index contributed by atoms with van der Waals surface area (Å²) in [5, 5.41) is 31.6. The fraction of sp³-hybridized carbons (Fsp3) is 0.364. The van der Waals surface area contributed by atoms with Crippen LogP contribution in [-0.4, -0.2) is 28.5 Å². The Hall–Kier alpha value is -3.82. The SMILES string of the molecule is CCCCN1C(=CC2C([O-])C(c3c(C(F)(F)F)[nH]n(-c4ccccc4)c3=O)C2[O-])C(C)(C)c2c1ccc1ccccc21. The number of rotatable bonds is 6. The second-order valence-electron chi connectivity index (χ2n) is 11.8. The van der Waals surface area contributed by atoms with E-state index in [4.69, 9.17) is 0 Å². The number of fused-ring (bicyclic) bond motifs is 3. The largest absolute Gasteiger partial charge is 0.851 e. The van der Waals surface area contributed by atoms with Crippen molar-refractivity contribution in [3.05, 3.63) is 106 Å². The molecule has 42 heavy (non-hydrogen) atoms. The number of aromatic amines is 1. The maximum atomic E-state index is 14.1. The van der Waals surface area contributed by atoms with Crippen molar-refractivity contribution in [2.75, 3.05) is 11.4 Å². The zero-order chi connectivity index (χ0) is 30.0. The first-order valence-corrected chi connectivity index (χ1v) is 14.3. The third-order valence-corrected chi connectivity index (χ3v) is 8.86. The number of halogens is 3. The van der Waals surface area contributed by atoms with E-state index in [1.54, 1.807) is 24.3 Å². The highest BCUT2D eigenvalue weighted by atomic mass is 19.4. The predicted octanol–water partition coefficient (Wildman–Crippen LogP) is 4.99. The van der Waals surface area contributed by atoms with Crippen molar-refractivity contribution >= 4 is 16.5 Å². The molecular weight excluding hydrogens is 543 g/mol. The second-order valence-corrected chi connectivity index (χ2v) is 11.8. The van der Waals surface area contributed by atoms with E-state index >= 15 is 0 Å². The van der Waals surface area contributed by atoms with Crippen LogP contribution in [0.15, 0.2) is 83.3 Å². The molecule has 1 aliphatic heterocycles. The Bertz CT molecular complexity index is 1710. The molecule has 0 radical (unpaired) electrons. The minimum atomic E-state index is -4.94. The number of H-pyrrole nitrogens is 1. The first kappa shape index (κ1) is 28.3. The molecule has 3 aromatic carbocycles. The molecule has 220 valence electrons. The molecule has 6 nitrogen and oxygen atoms in total. The van der Waals surface area contributed by atoms with Gasteiger partial charge in [-0.2, -0.15) is 13.2 Å². The van der Waals surface area contributed by atoms with Gasteiger partial charge in [-0.25, -0.2) is 4.68 Å². The third kappa shape index (κ3) is 4.29. The van der Waals surface area contributed by atoms with Gasteiger partial charge in [-0.05, 0) is 52.8 Å². The van der Waals surface area contributed by atoms with Crippen molar-refractivity contribution in [3.63, 3.8) is 0 Å². The number of nitrogens with zero attached hydrogens (tertiary/aromatic N) is 2. The highest BCUT2D eigenvalue weighted by Crippen LogP contribution is 2.53. The molecule has 1 saturated carbocycles. The maximum absolute atomic E-state index is 14.1. The molecule has 1 fully saturated rings. The number of hydrogen-bond acceptors (Lipinski definition) is 4. The van der Waals surface area contributed by atoms with E-state index in [1.807, 2.05) is 18.2 Å². The van der Waals surface area contributed by atoms with E-state index in [1.165, 1.54) is 12.1 Å². The van der Waals surface area contributed by atoms with Crippen LogP contribution in [0.5, 0.6) is 0 Å². The van der Waals surface area contributed by atoms with Gasteiger partial charge in [0.2, 0.25) is 0 Å². The first-order valence-electron chi connectivity index (χ1n) is 14.3. The van der Waals surface area contributed by atoms with Crippen molar-refractivity contribution < 1.29 is 23.4 Å². The van der Waals surface area contributed by atoms with Crippen LogP contribution in [0.2, 0.25) is 0 Å². The monoisotopic (exact) mass is 575 g/mol. The fourth-order valence-corrected chi connectivity index (χ4v) is 6.73. The number of anilines is 1. The van der Waals surface area contributed by atoms with Gasteiger partial charge in [0.15, 0.2) is 0 Å². The molecule has 1 aliphatic carbocycles. The average Bonchev–Trinajstić information content (AvgIpc) is 3.41. The summed E-state index contributed by atoms with van der Waals surface area (Å²) in [7, 11) is 0. The molecule has 0 saturated heterocycles. The second kappa shape index (κ2) is 10.2. The Labute approximate surface area is 241 Å². The molecule has 6 rings (SSSR count). The van der Waals surface area contributed by atoms with Gasteiger partial charge in [0, 0.05) is 23.3 Å². The number of nitrogens with one attached hydrogen (secondary N) is 1. The summed E-state index contributed by atoms with van der Waals surface area (Å²) in [4.78, 5) is 15.4. The van der Waals surface area contributed by atoms with Gasteiger partial charge in [-0.1, -0.05) is 81.8 Å². The number of benzene rings is 3. The van der Waals surface area contributed by atoms with Crippen LogP contribution in [0.25, 0.3) is 16.5 Å². The van der Waals surface area contributed by atoms with E-state index in [2.05, 4.69) is 49.0 Å². The molecule has 0 amide bonds. The van der Waals surface area contributed by atoms with E-state index in [-0.39, 0.29) is 5.69 Å². The molecule has 2 aliphatic rings. The van der Waals surface area contributed by atoms with Crippen LogP contribution in [0.3, 0.4) is 0 Å². The van der Waals surface area contributed by atoms with E-state index in [0.29, 0.717) is 6.54 Å². The molecule has 2 atom stereocenters. The van der Waals surface area contributed by atoms with Crippen LogP contribution in [-0.2, 0) is 11.6 Å². The maximum Gasteiger partial charge on any atom is 0.433 e. The van der Waals surface area contributed by atoms with Crippen LogP contribution in [0.4, 0.5) is 18.9 Å². The fourth-order valence-electron chi connectivity index (χ4n) is 6.73. The minimum absolute atomic E-state index is 0.186. The summed E-state index contributed by atoms with van der Waals surface area (Å²) in [5.74, 6) is -2.69.